The second-order valence-corrected chi connectivity index (χ2v) is 4.25. The first-order valence-corrected chi connectivity index (χ1v) is 5.75. The van der Waals surface area contributed by atoms with Crippen LogP contribution < -0.4 is 11.1 Å². The summed E-state index contributed by atoms with van der Waals surface area (Å²) >= 11 is 0. The Morgan fingerprint density at radius 2 is 1.83 bits per heavy atom. The Hall–Kier alpha value is -1.44. The molecule has 6 nitrogen and oxygen atoms in total. The van der Waals surface area contributed by atoms with Crippen LogP contribution in [-0.2, 0) is 4.79 Å². The Balaban J connectivity index is 2.38. The van der Waals surface area contributed by atoms with Crippen molar-refractivity contribution in [3.63, 3.8) is 0 Å². The van der Waals surface area contributed by atoms with Gasteiger partial charge in [0.2, 0.25) is 5.91 Å². The summed E-state index contributed by atoms with van der Waals surface area (Å²) in [7, 11) is 0. The summed E-state index contributed by atoms with van der Waals surface area (Å²) in [5.74, 6) is -0.245. The van der Waals surface area contributed by atoms with Crippen molar-refractivity contribution in [2.45, 2.75) is 19.4 Å². The quantitative estimate of drug-likeness (QED) is 0.715. The average molecular weight is 264 g/mol. The summed E-state index contributed by atoms with van der Waals surface area (Å²) in [6.45, 7) is 2.88. The van der Waals surface area contributed by atoms with Crippen molar-refractivity contribution in [2.75, 3.05) is 32.7 Å². The summed E-state index contributed by atoms with van der Waals surface area (Å²) in [5.41, 5.74) is 4.93. The van der Waals surface area contributed by atoms with Crippen molar-refractivity contribution in [2.24, 2.45) is 5.73 Å². The first kappa shape index (κ1) is 14.6. The van der Waals surface area contributed by atoms with Crippen molar-refractivity contribution < 1.29 is 18.4 Å². The fraction of sp³-hybridized carbons (Fsp3) is 0.800. The lowest BCUT2D eigenvalue weighted by Crippen LogP contribution is -2.55. The normalized spacial score (nSPS) is 18.8. The second-order valence-electron chi connectivity index (χ2n) is 4.25. The summed E-state index contributed by atoms with van der Waals surface area (Å²) < 4.78 is 24.3. The molecule has 1 aliphatic rings. The van der Waals surface area contributed by atoms with E-state index in [1.807, 2.05) is 0 Å². The Labute approximate surface area is 104 Å². The number of halogens is 2. The molecular weight excluding hydrogens is 246 g/mol. The van der Waals surface area contributed by atoms with Crippen molar-refractivity contribution in [3.05, 3.63) is 0 Å². The third-order valence-corrected chi connectivity index (χ3v) is 2.81. The van der Waals surface area contributed by atoms with E-state index < -0.39 is 18.5 Å². The SMILES string of the molecule is CC(NC(N)=O)C(=O)N1CCN(CC(F)F)CC1. The topological polar surface area (TPSA) is 78.7 Å². The highest BCUT2D eigenvalue weighted by molar-refractivity contribution is 5.86. The van der Waals surface area contributed by atoms with Gasteiger partial charge in [-0.15, -0.1) is 0 Å². The molecule has 1 heterocycles. The Kier molecular flexibility index (Phi) is 5.26. The van der Waals surface area contributed by atoms with Gasteiger partial charge in [-0.1, -0.05) is 0 Å². The lowest BCUT2D eigenvalue weighted by atomic mass is 10.2. The molecule has 104 valence electrons. The highest BCUT2D eigenvalue weighted by Crippen LogP contribution is 2.06. The molecular formula is C10H18F2N4O2. The van der Waals surface area contributed by atoms with Crippen LogP contribution in [0.15, 0.2) is 0 Å². The third-order valence-electron chi connectivity index (χ3n) is 2.81. The number of hydrogen-bond donors (Lipinski definition) is 2. The van der Waals surface area contributed by atoms with Crippen LogP contribution in [0.3, 0.4) is 0 Å². The average Bonchev–Trinajstić information content (AvgIpc) is 2.27. The summed E-state index contributed by atoms with van der Waals surface area (Å²) in [5, 5.41) is 2.30. The molecule has 1 atom stereocenters. The molecule has 1 unspecified atom stereocenters. The maximum absolute atomic E-state index is 12.2. The third kappa shape index (κ3) is 4.44. The standard InChI is InChI=1S/C10H18F2N4O2/c1-7(14-10(13)18)9(17)16-4-2-15(3-5-16)6-8(11)12/h7-8H,2-6H2,1H3,(H3,13,14,18). The number of nitrogens with zero attached hydrogens (tertiary/aromatic N) is 2. The van der Waals surface area contributed by atoms with Gasteiger partial charge < -0.3 is 16.0 Å². The minimum atomic E-state index is -2.36. The molecule has 1 fully saturated rings. The van der Waals surface area contributed by atoms with Crippen molar-refractivity contribution in [3.8, 4) is 0 Å². The van der Waals surface area contributed by atoms with E-state index in [0.29, 0.717) is 26.2 Å². The van der Waals surface area contributed by atoms with Crippen LogP contribution >= 0.6 is 0 Å². The smallest absolute Gasteiger partial charge is 0.312 e. The summed E-state index contributed by atoms with van der Waals surface area (Å²) in [6, 6.07) is -1.45. The van der Waals surface area contributed by atoms with Gasteiger partial charge >= 0.3 is 6.03 Å². The molecule has 1 saturated heterocycles. The fourth-order valence-corrected chi connectivity index (χ4v) is 1.89. The number of alkyl halides is 2. The molecule has 18 heavy (non-hydrogen) atoms. The maximum atomic E-state index is 12.2. The molecule has 0 aromatic carbocycles. The van der Waals surface area contributed by atoms with Crippen molar-refractivity contribution in [1.29, 1.82) is 0 Å². The highest BCUT2D eigenvalue weighted by atomic mass is 19.3. The molecule has 0 aromatic heterocycles. The van der Waals surface area contributed by atoms with Crippen LogP contribution in [0, 0.1) is 0 Å². The largest absolute Gasteiger partial charge is 0.352 e. The maximum Gasteiger partial charge on any atom is 0.312 e. The molecule has 1 rings (SSSR count). The van der Waals surface area contributed by atoms with E-state index in [-0.39, 0.29) is 12.5 Å². The second kappa shape index (κ2) is 6.48. The van der Waals surface area contributed by atoms with Gasteiger partial charge in [0.1, 0.15) is 6.04 Å². The highest BCUT2D eigenvalue weighted by Gasteiger charge is 2.26. The number of primary amides is 1. The minimum absolute atomic E-state index is 0.245. The molecule has 0 spiro atoms. The van der Waals surface area contributed by atoms with E-state index in [0.717, 1.165) is 0 Å². The monoisotopic (exact) mass is 264 g/mol. The summed E-state index contributed by atoms with van der Waals surface area (Å²) in [4.78, 5) is 25.6. The Morgan fingerprint density at radius 1 is 1.28 bits per heavy atom. The molecule has 3 N–H and O–H groups in total. The summed E-state index contributed by atoms with van der Waals surface area (Å²) in [6.07, 6.45) is -2.36. The number of nitrogens with two attached hydrogens (primary N) is 1. The number of hydrogen-bond acceptors (Lipinski definition) is 3. The zero-order valence-corrected chi connectivity index (χ0v) is 10.2. The van der Waals surface area contributed by atoms with E-state index >= 15 is 0 Å². The molecule has 8 heteroatoms. The van der Waals surface area contributed by atoms with Crippen molar-refractivity contribution in [1.82, 2.24) is 15.1 Å². The zero-order valence-electron chi connectivity index (χ0n) is 10.2. The number of carbonyl (C=O) groups excluding carboxylic acids is 2. The molecule has 1 aliphatic heterocycles. The van der Waals surface area contributed by atoms with Gasteiger partial charge in [0.05, 0.1) is 6.54 Å². The van der Waals surface area contributed by atoms with Gasteiger partial charge in [0.15, 0.2) is 0 Å². The number of nitrogens with one attached hydrogen (secondary N) is 1. The van der Waals surface area contributed by atoms with E-state index in [2.05, 4.69) is 5.32 Å². The first-order chi connectivity index (χ1) is 8.40. The van der Waals surface area contributed by atoms with Crippen LogP contribution in [0.2, 0.25) is 0 Å². The minimum Gasteiger partial charge on any atom is -0.352 e. The molecule has 0 saturated carbocycles. The van der Waals surface area contributed by atoms with Crippen LogP contribution in [-0.4, -0.2) is 66.9 Å². The van der Waals surface area contributed by atoms with Crippen LogP contribution in [0.1, 0.15) is 6.92 Å². The van der Waals surface area contributed by atoms with Gasteiger partial charge in [-0.05, 0) is 6.92 Å². The van der Waals surface area contributed by atoms with Crippen LogP contribution in [0.5, 0.6) is 0 Å². The number of piperazine rings is 1. The lowest BCUT2D eigenvalue weighted by Gasteiger charge is -2.35. The van der Waals surface area contributed by atoms with Crippen molar-refractivity contribution >= 4 is 11.9 Å². The predicted octanol–water partition coefficient (Wildman–Crippen LogP) is -0.547. The van der Waals surface area contributed by atoms with E-state index in [1.165, 1.54) is 0 Å². The first-order valence-electron chi connectivity index (χ1n) is 5.75. The molecule has 0 aromatic rings. The number of carbonyl (C=O) groups is 2. The van der Waals surface area contributed by atoms with Gasteiger partial charge in [-0.25, -0.2) is 13.6 Å². The zero-order chi connectivity index (χ0) is 13.7. The van der Waals surface area contributed by atoms with E-state index in [9.17, 15) is 18.4 Å². The molecule has 0 radical (unpaired) electrons. The number of urea groups is 1. The number of rotatable bonds is 4. The van der Waals surface area contributed by atoms with Gasteiger partial charge in [-0.3, -0.25) is 9.69 Å². The van der Waals surface area contributed by atoms with Gasteiger partial charge in [0, 0.05) is 26.2 Å². The molecule has 0 bridgehead atoms. The predicted molar refractivity (Wildman–Crippen MR) is 61.2 cm³/mol. The fourth-order valence-electron chi connectivity index (χ4n) is 1.89. The Bertz CT molecular complexity index is 306. The van der Waals surface area contributed by atoms with Gasteiger partial charge in [-0.2, -0.15) is 0 Å². The van der Waals surface area contributed by atoms with Crippen LogP contribution in [0.25, 0.3) is 0 Å². The number of amides is 3. The molecule has 3 amide bonds. The molecule has 0 aliphatic carbocycles. The lowest BCUT2D eigenvalue weighted by molar-refractivity contribution is -0.134. The van der Waals surface area contributed by atoms with Crippen LogP contribution in [0.4, 0.5) is 13.6 Å². The van der Waals surface area contributed by atoms with Gasteiger partial charge in [0.25, 0.3) is 6.43 Å². The van der Waals surface area contributed by atoms with E-state index in [1.54, 1.807) is 16.7 Å². The van der Waals surface area contributed by atoms with E-state index in [4.69, 9.17) is 5.73 Å². The Morgan fingerprint density at radius 3 is 2.28 bits per heavy atom.